The van der Waals surface area contributed by atoms with Crippen molar-refractivity contribution >= 4 is 0 Å². The number of hydrogen-bond donors (Lipinski definition) is 1. The highest BCUT2D eigenvalue weighted by atomic mass is 16.5. The van der Waals surface area contributed by atoms with Crippen LogP contribution in [0, 0.1) is 11.8 Å². The fourth-order valence-electron chi connectivity index (χ4n) is 3.46. The molecule has 0 spiro atoms. The van der Waals surface area contributed by atoms with Crippen LogP contribution in [0.2, 0.25) is 0 Å². The summed E-state index contributed by atoms with van der Waals surface area (Å²) in [6.07, 6.45) is 4.28. The third kappa shape index (κ3) is 3.04. The van der Waals surface area contributed by atoms with Gasteiger partial charge >= 0.3 is 0 Å². The molecule has 0 bridgehead atoms. The lowest BCUT2D eigenvalue weighted by molar-refractivity contribution is 0.0477. The zero-order chi connectivity index (χ0) is 14.7. The summed E-state index contributed by atoms with van der Waals surface area (Å²) < 4.78 is 8.01. The molecule has 1 aliphatic heterocycles. The van der Waals surface area contributed by atoms with Crippen LogP contribution < -0.4 is 5.32 Å². The molecule has 1 N–H and O–H groups in total. The normalized spacial score (nSPS) is 31.6. The summed E-state index contributed by atoms with van der Waals surface area (Å²) in [5.74, 6) is 2.15. The van der Waals surface area contributed by atoms with Gasteiger partial charge in [-0.15, -0.1) is 0 Å². The molecule has 0 aromatic carbocycles. The number of hydrogen-bond acceptors (Lipinski definition) is 4. The first kappa shape index (κ1) is 15.4. The summed E-state index contributed by atoms with van der Waals surface area (Å²) in [6, 6.07) is 0.379. The number of likely N-dealkylation sites (N-methyl/N-ethyl adjacent to an activating group) is 1. The van der Waals surface area contributed by atoms with E-state index in [-0.39, 0.29) is 0 Å². The molecule has 0 saturated carbocycles. The van der Waals surface area contributed by atoms with Gasteiger partial charge in [-0.2, -0.15) is 5.10 Å². The minimum atomic E-state index is 0.292. The summed E-state index contributed by atoms with van der Waals surface area (Å²) in [6.45, 7) is 9.76. The zero-order valence-electron chi connectivity index (χ0n) is 13.3. The van der Waals surface area contributed by atoms with Crippen LogP contribution in [0.3, 0.4) is 0 Å². The Morgan fingerprint density at radius 1 is 1.35 bits per heavy atom. The minimum Gasteiger partial charge on any atom is -0.375 e. The van der Waals surface area contributed by atoms with Crippen LogP contribution in [0.5, 0.6) is 0 Å². The lowest BCUT2D eigenvalue weighted by Crippen LogP contribution is -2.42. The highest BCUT2D eigenvalue weighted by Gasteiger charge is 2.41. The number of rotatable bonds is 6. The summed E-state index contributed by atoms with van der Waals surface area (Å²) in [5, 5.41) is 7.79. The third-order valence-electron chi connectivity index (χ3n) is 4.69. The molecule has 1 aliphatic rings. The van der Waals surface area contributed by atoms with Gasteiger partial charge in [0.2, 0.25) is 0 Å². The lowest BCUT2D eigenvalue weighted by atomic mass is 9.82. The molecule has 1 aromatic heterocycles. The SMILES string of the molecule is CCCn1ncnc1CC(NC)C1C(C)OC(C)C1C. The number of nitrogens with zero attached hydrogens (tertiary/aromatic N) is 3. The van der Waals surface area contributed by atoms with E-state index in [1.165, 1.54) is 0 Å². The molecule has 114 valence electrons. The molecule has 5 nitrogen and oxygen atoms in total. The molecule has 0 amide bonds. The van der Waals surface area contributed by atoms with Crippen LogP contribution in [0.1, 0.15) is 39.9 Å². The van der Waals surface area contributed by atoms with Gasteiger partial charge in [-0.1, -0.05) is 13.8 Å². The monoisotopic (exact) mass is 280 g/mol. The average Bonchev–Trinajstić information content (AvgIpc) is 2.94. The highest BCUT2D eigenvalue weighted by molar-refractivity contribution is 4.97. The van der Waals surface area contributed by atoms with Crippen LogP contribution in [0.25, 0.3) is 0 Å². The molecule has 5 heteroatoms. The predicted octanol–water partition coefficient (Wildman–Crippen LogP) is 1.88. The molecule has 5 atom stereocenters. The van der Waals surface area contributed by atoms with E-state index in [1.54, 1.807) is 6.33 Å². The van der Waals surface area contributed by atoms with Gasteiger partial charge < -0.3 is 10.1 Å². The first-order valence-electron chi connectivity index (χ1n) is 7.77. The standard InChI is InChI=1S/C15H28N4O/c1-6-7-19-14(17-9-18-19)8-13(16-5)15-10(2)11(3)20-12(15)4/h9-13,15-16H,6-8H2,1-5H3. The van der Waals surface area contributed by atoms with Crippen molar-refractivity contribution in [2.75, 3.05) is 7.05 Å². The molecule has 1 saturated heterocycles. The maximum atomic E-state index is 5.98. The van der Waals surface area contributed by atoms with Gasteiger partial charge in [-0.05, 0) is 33.2 Å². The summed E-state index contributed by atoms with van der Waals surface area (Å²) in [7, 11) is 2.04. The van der Waals surface area contributed by atoms with Gasteiger partial charge in [0.25, 0.3) is 0 Å². The molecule has 0 aliphatic carbocycles. The Hall–Kier alpha value is -0.940. The van der Waals surface area contributed by atoms with Crippen molar-refractivity contribution in [1.82, 2.24) is 20.1 Å². The Morgan fingerprint density at radius 3 is 2.65 bits per heavy atom. The molecule has 20 heavy (non-hydrogen) atoms. The summed E-state index contributed by atoms with van der Waals surface area (Å²) in [4.78, 5) is 4.43. The van der Waals surface area contributed by atoms with E-state index in [1.807, 2.05) is 11.7 Å². The first-order valence-corrected chi connectivity index (χ1v) is 7.77. The molecule has 2 rings (SSSR count). The van der Waals surface area contributed by atoms with E-state index in [2.05, 4.69) is 43.1 Å². The summed E-state index contributed by atoms with van der Waals surface area (Å²) in [5.41, 5.74) is 0. The van der Waals surface area contributed by atoms with Crippen molar-refractivity contribution in [3.05, 3.63) is 12.2 Å². The third-order valence-corrected chi connectivity index (χ3v) is 4.69. The van der Waals surface area contributed by atoms with E-state index in [9.17, 15) is 0 Å². The fraction of sp³-hybridized carbons (Fsp3) is 0.867. The van der Waals surface area contributed by atoms with E-state index >= 15 is 0 Å². The van der Waals surface area contributed by atoms with E-state index in [0.29, 0.717) is 30.1 Å². The smallest absolute Gasteiger partial charge is 0.138 e. The van der Waals surface area contributed by atoms with Crippen molar-refractivity contribution in [2.24, 2.45) is 11.8 Å². The Kier molecular flexibility index (Phi) is 5.16. The Morgan fingerprint density at radius 2 is 2.10 bits per heavy atom. The van der Waals surface area contributed by atoms with Gasteiger partial charge in [0.15, 0.2) is 0 Å². The van der Waals surface area contributed by atoms with Gasteiger partial charge in [0.05, 0.1) is 12.2 Å². The van der Waals surface area contributed by atoms with E-state index in [0.717, 1.165) is 25.2 Å². The van der Waals surface area contributed by atoms with Crippen LogP contribution in [-0.4, -0.2) is 40.1 Å². The highest BCUT2D eigenvalue weighted by Crippen LogP contribution is 2.35. The second-order valence-electron chi connectivity index (χ2n) is 5.98. The topological polar surface area (TPSA) is 52.0 Å². The quantitative estimate of drug-likeness (QED) is 0.864. The van der Waals surface area contributed by atoms with Crippen molar-refractivity contribution in [3.63, 3.8) is 0 Å². The molecular weight excluding hydrogens is 252 g/mol. The fourth-order valence-corrected chi connectivity index (χ4v) is 3.46. The maximum absolute atomic E-state index is 5.98. The number of aryl methyl sites for hydroxylation is 1. The molecule has 5 unspecified atom stereocenters. The van der Waals surface area contributed by atoms with Gasteiger partial charge in [0, 0.05) is 24.9 Å². The predicted molar refractivity (Wildman–Crippen MR) is 79.5 cm³/mol. The van der Waals surface area contributed by atoms with Crippen LogP contribution in [0.15, 0.2) is 6.33 Å². The zero-order valence-corrected chi connectivity index (χ0v) is 13.3. The van der Waals surface area contributed by atoms with Gasteiger partial charge in [0.1, 0.15) is 12.2 Å². The Labute approximate surface area is 122 Å². The Bertz CT molecular complexity index is 420. The largest absolute Gasteiger partial charge is 0.375 e. The first-order chi connectivity index (χ1) is 9.58. The number of aromatic nitrogens is 3. The molecule has 0 radical (unpaired) electrons. The van der Waals surface area contributed by atoms with Crippen molar-refractivity contribution in [2.45, 2.75) is 65.3 Å². The van der Waals surface area contributed by atoms with Crippen molar-refractivity contribution in [1.29, 1.82) is 0 Å². The number of ether oxygens (including phenoxy) is 1. The Balaban J connectivity index is 2.10. The maximum Gasteiger partial charge on any atom is 0.138 e. The lowest BCUT2D eigenvalue weighted by Gasteiger charge is -2.28. The molecule has 1 fully saturated rings. The minimum absolute atomic E-state index is 0.292. The summed E-state index contributed by atoms with van der Waals surface area (Å²) >= 11 is 0. The average molecular weight is 280 g/mol. The second kappa shape index (κ2) is 6.68. The second-order valence-corrected chi connectivity index (χ2v) is 5.98. The van der Waals surface area contributed by atoms with E-state index < -0.39 is 0 Å². The number of nitrogens with one attached hydrogen (secondary N) is 1. The molecule has 1 aromatic rings. The van der Waals surface area contributed by atoms with E-state index in [4.69, 9.17) is 4.74 Å². The van der Waals surface area contributed by atoms with Crippen molar-refractivity contribution in [3.8, 4) is 0 Å². The van der Waals surface area contributed by atoms with Crippen LogP contribution >= 0.6 is 0 Å². The van der Waals surface area contributed by atoms with Crippen LogP contribution in [-0.2, 0) is 17.7 Å². The van der Waals surface area contributed by atoms with Crippen molar-refractivity contribution < 1.29 is 4.74 Å². The molecular formula is C15H28N4O. The van der Waals surface area contributed by atoms with Gasteiger partial charge in [-0.25, -0.2) is 4.98 Å². The molecule has 2 heterocycles. The van der Waals surface area contributed by atoms with Gasteiger partial charge in [-0.3, -0.25) is 4.68 Å². The van der Waals surface area contributed by atoms with Crippen LogP contribution in [0.4, 0.5) is 0 Å².